The molecule has 0 fully saturated rings. The van der Waals surface area contributed by atoms with E-state index in [1.54, 1.807) is 6.20 Å². The van der Waals surface area contributed by atoms with Crippen molar-refractivity contribution in [1.29, 1.82) is 0 Å². The molecule has 0 saturated heterocycles. The monoisotopic (exact) mass is 302 g/mol. The van der Waals surface area contributed by atoms with Crippen LogP contribution in [-0.2, 0) is 25.9 Å². The van der Waals surface area contributed by atoms with Crippen LogP contribution in [0.3, 0.4) is 0 Å². The molecule has 0 unspecified atom stereocenters. The van der Waals surface area contributed by atoms with Crippen molar-refractivity contribution in [1.82, 2.24) is 19.9 Å². The summed E-state index contributed by atoms with van der Waals surface area (Å²) < 4.78 is 0. The van der Waals surface area contributed by atoms with Crippen molar-refractivity contribution in [2.75, 3.05) is 6.54 Å². The molecule has 4 nitrogen and oxygen atoms in total. The van der Waals surface area contributed by atoms with E-state index in [-0.39, 0.29) is 0 Å². The topological polar surface area (TPSA) is 41.9 Å². The fourth-order valence-corrected chi connectivity index (χ4v) is 2.85. The van der Waals surface area contributed by atoms with Crippen LogP contribution in [0.15, 0.2) is 24.5 Å². The maximum Gasteiger partial charge on any atom is 0.133 e. The van der Waals surface area contributed by atoms with Crippen molar-refractivity contribution in [3.63, 3.8) is 0 Å². The summed E-state index contributed by atoms with van der Waals surface area (Å²) >= 11 is 6.14. The number of pyridine rings is 1. The lowest BCUT2D eigenvalue weighted by Crippen LogP contribution is -2.31. The lowest BCUT2D eigenvalue weighted by Gasteiger charge is -2.28. The molecule has 2 aromatic rings. The van der Waals surface area contributed by atoms with Gasteiger partial charge in [-0.3, -0.25) is 4.90 Å². The number of rotatable bonds is 4. The molecule has 110 valence electrons. The summed E-state index contributed by atoms with van der Waals surface area (Å²) in [6, 6.07) is 3.96. The number of aromatic nitrogens is 3. The van der Waals surface area contributed by atoms with Crippen molar-refractivity contribution in [3.05, 3.63) is 52.3 Å². The highest BCUT2D eigenvalue weighted by Gasteiger charge is 2.19. The van der Waals surface area contributed by atoms with E-state index in [0.717, 1.165) is 50.3 Å². The first kappa shape index (κ1) is 14.4. The third-order valence-corrected chi connectivity index (χ3v) is 4.11. The van der Waals surface area contributed by atoms with Crippen molar-refractivity contribution >= 4 is 11.6 Å². The molecule has 21 heavy (non-hydrogen) atoms. The molecule has 0 N–H and O–H groups in total. The third-order valence-electron chi connectivity index (χ3n) is 3.77. The molecule has 3 heterocycles. The van der Waals surface area contributed by atoms with Gasteiger partial charge in [0.1, 0.15) is 11.0 Å². The van der Waals surface area contributed by atoms with Crippen LogP contribution < -0.4 is 0 Å². The number of nitrogens with zero attached hydrogens (tertiary/aromatic N) is 4. The zero-order chi connectivity index (χ0) is 14.7. The van der Waals surface area contributed by atoms with Gasteiger partial charge in [-0.1, -0.05) is 24.6 Å². The number of halogens is 1. The molecular formula is C16H19ClN4. The van der Waals surface area contributed by atoms with Gasteiger partial charge in [0.05, 0.1) is 0 Å². The first-order valence-electron chi connectivity index (χ1n) is 7.41. The Bertz CT molecular complexity index is 629. The predicted octanol–water partition coefficient (Wildman–Crippen LogP) is 3.04. The lowest BCUT2D eigenvalue weighted by molar-refractivity contribution is 0.242. The van der Waals surface area contributed by atoms with Crippen LogP contribution >= 0.6 is 11.6 Å². The summed E-state index contributed by atoms with van der Waals surface area (Å²) in [5, 5.41) is 0.595. The van der Waals surface area contributed by atoms with Gasteiger partial charge in [-0.25, -0.2) is 15.0 Å². The Morgan fingerprint density at radius 3 is 3.05 bits per heavy atom. The van der Waals surface area contributed by atoms with Gasteiger partial charge in [0.25, 0.3) is 0 Å². The van der Waals surface area contributed by atoms with E-state index < -0.39 is 0 Å². The molecule has 1 aliphatic heterocycles. The highest BCUT2D eigenvalue weighted by Crippen LogP contribution is 2.21. The molecule has 0 radical (unpaired) electrons. The van der Waals surface area contributed by atoms with Gasteiger partial charge in [-0.15, -0.1) is 0 Å². The Morgan fingerprint density at radius 1 is 1.33 bits per heavy atom. The van der Waals surface area contributed by atoms with Crippen LogP contribution in [0.5, 0.6) is 0 Å². The van der Waals surface area contributed by atoms with E-state index >= 15 is 0 Å². The zero-order valence-electron chi connectivity index (χ0n) is 12.2. The summed E-state index contributed by atoms with van der Waals surface area (Å²) in [7, 11) is 0. The Hall–Kier alpha value is -1.52. The molecule has 0 saturated carbocycles. The first-order chi connectivity index (χ1) is 10.3. The van der Waals surface area contributed by atoms with Gasteiger partial charge in [-0.2, -0.15) is 0 Å². The van der Waals surface area contributed by atoms with Crippen LogP contribution in [-0.4, -0.2) is 26.4 Å². The second-order valence-electron chi connectivity index (χ2n) is 5.42. The maximum absolute atomic E-state index is 6.14. The Kier molecular flexibility index (Phi) is 4.46. The summed E-state index contributed by atoms with van der Waals surface area (Å²) in [6.07, 6.45) is 6.74. The van der Waals surface area contributed by atoms with Crippen LogP contribution in [0.25, 0.3) is 0 Å². The molecular weight excluding hydrogens is 284 g/mol. The molecule has 0 amide bonds. The van der Waals surface area contributed by atoms with Gasteiger partial charge in [-0.05, 0) is 12.5 Å². The highest BCUT2D eigenvalue weighted by molar-refractivity contribution is 6.30. The lowest BCUT2D eigenvalue weighted by atomic mass is 10.1. The quantitative estimate of drug-likeness (QED) is 0.814. The van der Waals surface area contributed by atoms with E-state index in [0.29, 0.717) is 5.15 Å². The average Bonchev–Trinajstić information content (AvgIpc) is 2.50. The molecule has 0 aromatic carbocycles. The molecule has 0 atom stereocenters. The Balaban J connectivity index is 1.71. The second-order valence-corrected chi connectivity index (χ2v) is 5.78. The molecule has 0 aliphatic carbocycles. The van der Waals surface area contributed by atoms with Crippen LogP contribution in [0.1, 0.15) is 36.0 Å². The summed E-state index contributed by atoms with van der Waals surface area (Å²) in [5.41, 5.74) is 3.52. The molecule has 0 bridgehead atoms. The fourth-order valence-electron chi connectivity index (χ4n) is 2.67. The maximum atomic E-state index is 6.14. The summed E-state index contributed by atoms with van der Waals surface area (Å²) in [4.78, 5) is 15.7. The van der Waals surface area contributed by atoms with Crippen molar-refractivity contribution in [3.8, 4) is 0 Å². The molecule has 0 spiro atoms. The van der Waals surface area contributed by atoms with E-state index in [4.69, 9.17) is 11.6 Å². The van der Waals surface area contributed by atoms with Crippen molar-refractivity contribution in [2.24, 2.45) is 0 Å². The Labute approximate surface area is 130 Å². The van der Waals surface area contributed by atoms with Gasteiger partial charge < -0.3 is 0 Å². The van der Waals surface area contributed by atoms with E-state index in [2.05, 4.69) is 26.8 Å². The summed E-state index contributed by atoms with van der Waals surface area (Å²) in [6.45, 7) is 4.86. The second kappa shape index (κ2) is 6.50. The zero-order valence-corrected chi connectivity index (χ0v) is 13.0. The van der Waals surface area contributed by atoms with Crippen molar-refractivity contribution in [2.45, 2.75) is 39.3 Å². The first-order valence-corrected chi connectivity index (χ1v) is 7.79. The molecule has 3 rings (SSSR count). The highest BCUT2D eigenvalue weighted by atomic mass is 35.5. The molecule has 1 aliphatic rings. The molecule has 2 aromatic heterocycles. The minimum atomic E-state index is 0.595. The fraction of sp³-hybridized carbons (Fsp3) is 0.438. The van der Waals surface area contributed by atoms with Gasteiger partial charge in [0.2, 0.25) is 0 Å². The van der Waals surface area contributed by atoms with Gasteiger partial charge in [0, 0.05) is 61.7 Å². The number of fused-ring (bicyclic) bond motifs is 1. The number of aryl methyl sites for hydroxylation is 1. The van der Waals surface area contributed by atoms with Crippen molar-refractivity contribution < 1.29 is 0 Å². The van der Waals surface area contributed by atoms with E-state index in [1.165, 1.54) is 11.3 Å². The third kappa shape index (κ3) is 3.39. The van der Waals surface area contributed by atoms with E-state index in [1.807, 2.05) is 18.3 Å². The predicted molar refractivity (Wildman–Crippen MR) is 83.1 cm³/mol. The summed E-state index contributed by atoms with van der Waals surface area (Å²) in [5.74, 6) is 0.972. The molecule has 5 heteroatoms. The normalized spacial score (nSPS) is 15.0. The Morgan fingerprint density at radius 2 is 2.24 bits per heavy atom. The van der Waals surface area contributed by atoms with Crippen LogP contribution in [0.4, 0.5) is 0 Å². The van der Waals surface area contributed by atoms with Crippen LogP contribution in [0, 0.1) is 0 Å². The minimum Gasteiger partial charge on any atom is -0.294 e. The van der Waals surface area contributed by atoms with Gasteiger partial charge in [0.15, 0.2) is 0 Å². The van der Waals surface area contributed by atoms with E-state index in [9.17, 15) is 0 Å². The standard InChI is InChI=1S/C16H19ClN4/c1-2-4-15-19-9-13-11-21(8-6-14(13)20-15)10-12-5-3-7-18-16(12)17/h3,5,7,9H,2,4,6,8,10-11H2,1H3. The smallest absolute Gasteiger partial charge is 0.133 e. The minimum absolute atomic E-state index is 0.595. The number of hydrogen-bond acceptors (Lipinski definition) is 4. The van der Waals surface area contributed by atoms with Gasteiger partial charge >= 0.3 is 0 Å². The SMILES string of the molecule is CCCc1ncc2c(n1)CCN(Cc1cccnc1Cl)C2. The average molecular weight is 303 g/mol. The number of hydrogen-bond donors (Lipinski definition) is 0. The largest absolute Gasteiger partial charge is 0.294 e. The van der Waals surface area contributed by atoms with Crippen LogP contribution in [0.2, 0.25) is 5.15 Å².